The Morgan fingerprint density at radius 3 is 2.92 bits per heavy atom. The second kappa shape index (κ2) is 6.00. The second-order valence-corrected chi connectivity index (χ2v) is 6.64. The number of nitrogens with one attached hydrogen (secondary N) is 1. The van der Waals surface area contributed by atoms with Gasteiger partial charge in [0, 0.05) is 19.2 Å². The van der Waals surface area contributed by atoms with E-state index in [1.807, 2.05) is 0 Å². The number of rotatable bonds is 4. The first-order valence-corrected chi connectivity index (χ1v) is 8.42. The van der Waals surface area contributed by atoms with Crippen molar-refractivity contribution in [3.63, 3.8) is 0 Å². The highest BCUT2D eigenvalue weighted by Crippen LogP contribution is 2.33. The molecule has 1 aromatic carbocycles. The number of allylic oxidation sites excluding steroid dienone is 1. The van der Waals surface area contributed by atoms with Crippen LogP contribution < -0.4 is 14.8 Å². The van der Waals surface area contributed by atoms with Gasteiger partial charge in [0.2, 0.25) is 6.79 Å². The lowest BCUT2D eigenvalue weighted by atomic mass is 10.1. The van der Waals surface area contributed by atoms with Gasteiger partial charge in [-0.2, -0.15) is 8.42 Å². The van der Waals surface area contributed by atoms with Crippen molar-refractivity contribution in [1.29, 1.82) is 0 Å². The molecule has 0 atom stereocenters. The van der Waals surface area contributed by atoms with Crippen molar-refractivity contribution < 1.29 is 22.7 Å². The van der Waals surface area contributed by atoms with Crippen LogP contribution in [0.15, 0.2) is 47.0 Å². The average molecular weight is 349 g/mol. The fourth-order valence-electron chi connectivity index (χ4n) is 2.21. The Morgan fingerprint density at radius 2 is 2.17 bits per heavy atom. The van der Waals surface area contributed by atoms with Crippen LogP contribution in [-0.2, 0) is 15.0 Å². The molecule has 9 heteroatoms. The summed E-state index contributed by atoms with van der Waals surface area (Å²) < 4.78 is 39.5. The maximum absolute atomic E-state index is 12.2. The molecule has 0 aromatic heterocycles. The van der Waals surface area contributed by atoms with E-state index in [0.29, 0.717) is 17.1 Å². The summed E-state index contributed by atoms with van der Waals surface area (Å²) in [5, 5.41) is 2.55. The van der Waals surface area contributed by atoms with Crippen molar-refractivity contribution >= 4 is 21.8 Å². The third-order valence-corrected chi connectivity index (χ3v) is 4.80. The quantitative estimate of drug-likeness (QED) is 0.802. The molecule has 0 aliphatic carbocycles. The molecule has 8 nitrogen and oxygen atoms in total. The first kappa shape index (κ1) is 16.1. The lowest BCUT2D eigenvalue weighted by Crippen LogP contribution is -2.38. The predicted octanol–water partition coefficient (Wildman–Crippen LogP) is 0.581. The molecule has 0 saturated heterocycles. The third-order valence-electron chi connectivity index (χ3n) is 3.48. The van der Waals surface area contributed by atoms with Crippen LogP contribution in [0.1, 0.15) is 5.56 Å². The van der Waals surface area contributed by atoms with Crippen LogP contribution in [0.25, 0.3) is 0 Å². The van der Waals surface area contributed by atoms with Crippen molar-refractivity contribution in [3.8, 4) is 11.5 Å². The van der Waals surface area contributed by atoms with Gasteiger partial charge in [-0.15, -0.1) is 11.0 Å². The smallest absolute Gasteiger partial charge is 0.345 e. The Kier molecular flexibility index (Phi) is 4.02. The first-order valence-electron chi connectivity index (χ1n) is 7.02. The molecule has 1 aromatic rings. The summed E-state index contributed by atoms with van der Waals surface area (Å²) in [5.41, 5.74) is 0.625. The molecule has 1 amide bonds. The zero-order valence-corrected chi connectivity index (χ0v) is 13.7. The second-order valence-electron chi connectivity index (χ2n) is 5.02. The Morgan fingerprint density at radius 1 is 1.42 bits per heavy atom. The minimum absolute atomic E-state index is 0.0282. The molecule has 2 aliphatic rings. The molecule has 0 fully saturated rings. The Bertz CT molecular complexity index is 873. The van der Waals surface area contributed by atoms with E-state index in [1.165, 1.54) is 19.2 Å². The van der Waals surface area contributed by atoms with Crippen LogP contribution >= 0.6 is 0 Å². The number of amides is 1. The number of fused-ring (bicyclic) bond motifs is 1. The predicted molar refractivity (Wildman–Crippen MR) is 87.1 cm³/mol. The van der Waals surface area contributed by atoms with Gasteiger partial charge in [0.1, 0.15) is 5.70 Å². The molecule has 0 saturated carbocycles. The standard InChI is InChI=1S/C15H15N3O5S/c1-3-6-16-15(19)12-8-11(17-24(20,21)18(12)2)10-4-5-13-14(7-10)23-9-22-13/h3-5,7-8H,1,6,9H2,2H3,(H,16,19). The summed E-state index contributed by atoms with van der Waals surface area (Å²) in [6, 6.07) is 4.94. The molecular formula is C15H15N3O5S. The third kappa shape index (κ3) is 2.85. The van der Waals surface area contributed by atoms with Crippen molar-refractivity contribution in [2.45, 2.75) is 0 Å². The number of hydrogen-bond donors (Lipinski definition) is 1. The summed E-state index contributed by atoms with van der Waals surface area (Å²) >= 11 is 0. The van der Waals surface area contributed by atoms with Crippen molar-refractivity contribution in [2.24, 2.45) is 4.40 Å². The lowest BCUT2D eigenvalue weighted by molar-refractivity contribution is -0.118. The number of benzene rings is 1. The maximum atomic E-state index is 12.2. The van der Waals surface area contributed by atoms with Gasteiger partial charge >= 0.3 is 10.2 Å². The highest BCUT2D eigenvalue weighted by Gasteiger charge is 2.30. The largest absolute Gasteiger partial charge is 0.454 e. The van der Waals surface area contributed by atoms with Crippen LogP contribution in [0.3, 0.4) is 0 Å². The summed E-state index contributed by atoms with van der Waals surface area (Å²) in [4.78, 5) is 12.2. The van der Waals surface area contributed by atoms with Gasteiger partial charge in [0.05, 0.1) is 5.71 Å². The lowest BCUT2D eigenvalue weighted by Gasteiger charge is -2.23. The number of hydrogen-bond acceptors (Lipinski definition) is 5. The van der Waals surface area contributed by atoms with Gasteiger partial charge in [-0.1, -0.05) is 6.08 Å². The van der Waals surface area contributed by atoms with E-state index in [4.69, 9.17) is 9.47 Å². The van der Waals surface area contributed by atoms with Gasteiger partial charge in [-0.05, 0) is 24.3 Å². The minimum atomic E-state index is -4.00. The van der Waals surface area contributed by atoms with Crippen LogP contribution in [-0.4, -0.2) is 44.7 Å². The van der Waals surface area contributed by atoms with E-state index in [9.17, 15) is 13.2 Å². The van der Waals surface area contributed by atoms with Crippen molar-refractivity contribution in [2.75, 3.05) is 20.4 Å². The summed E-state index contributed by atoms with van der Waals surface area (Å²) in [5.74, 6) is 0.537. The van der Waals surface area contributed by atoms with Crippen LogP contribution in [0.4, 0.5) is 0 Å². The highest BCUT2D eigenvalue weighted by atomic mass is 32.2. The minimum Gasteiger partial charge on any atom is -0.454 e. The zero-order valence-electron chi connectivity index (χ0n) is 12.9. The Hall–Kier alpha value is -2.81. The molecule has 0 unspecified atom stereocenters. The molecule has 24 heavy (non-hydrogen) atoms. The van der Waals surface area contributed by atoms with Gasteiger partial charge in [-0.3, -0.25) is 4.79 Å². The average Bonchev–Trinajstić information content (AvgIpc) is 3.02. The highest BCUT2D eigenvalue weighted by molar-refractivity contribution is 7.88. The van der Waals surface area contributed by atoms with E-state index in [0.717, 1.165) is 4.31 Å². The molecule has 2 aliphatic heterocycles. The number of carbonyl (C=O) groups excluding carboxylic acids is 1. The molecule has 0 spiro atoms. The van der Waals surface area contributed by atoms with E-state index < -0.39 is 16.1 Å². The van der Waals surface area contributed by atoms with Crippen LogP contribution in [0, 0.1) is 0 Å². The fourth-order valence-corrected chi connectivity index (χ4v) is 3.13. The van der Waals surface area contributed by atoms with Gasteiger partial charge < -0.3 is 14.8 Å². The van der Waals surface area contributed by atoms with Crippen molar-refractivity contribution in [1.82, 2.24) is 9.62 Å². The molecular weight excluding hydrogens is 334 g/mol. The monoisotopic (exact) mass is 349 g/mol. The number of ether oxygens (including phenoxy) is 2. The fraction of sp³-hybridized carbons (Fsp3) is 0.200. The summed E-state index contributed by atoms with van der Waals surface area (Å²) in [7, 11) is -2.73. The maximum Gasteiger partial charge on any atom is 0.345 e. The van der Waals surface area contributed by atoms with Crippen molar-refractivity contribution in [3.05, 3.63) is 48.2 Å². The number of nitrogens with zero attached hydrogens (tertiary/aromatic N) is 2. The zero-order chi connectivity index (χ0) is 17.3. The number of likely N-dealkylation sites (N-methyl/N-ethyl adjacent to an activating group) is 1. The van der Waals surface area contributed by atoms with Gasteiger partial charge in [0.15, 0.2) is 11.5 Å². The van der Waals surface area contributed by atoms with Gasteiger partial charge in [-0.25, -0.2) is 4.31 Å². The first-order chi connectivity index (χ1) is 11.4. The SMILES string of the molecule is C=CCNC(=O)C1=CC(c2ccc3c(c2)OCO3)=NS(=O)(=O)N1C. The van der Waals surface area contributed by atoms with E-state index in [-0.39, 0.29) is 24.7 Å². The molecule has 126 valence electrons. The van der Waals surface area contributed by atoms with E-state index >= 15 is 0 Å². The normalized spacial score (nSPS) is 17.8. The van der Waals surface area contributed by atoms with Crippen LogP contribution in [0.2, 0.25) is 0 Å². The molecule has 3 rings (SSSR count). The topological polar surface area (TPSA) is 97.3 Å². The molecule has 0 radical (unpaired) electrons. The summed E-state index contributed by atoms with van der Waals surface area (Å²) in [6.07, 6.45) is 2.92. The van der Waals surface area contributed by atoms with Crippen LogP contribution in [0.5, 0.6) is 11.5 Å². The Balaban J connectivity index is 2.01. The van der Waals surface area contributed by atoms with E-state index in [2.05, 4.69) is 16.3 Å². The molecule has 1 N–H and O–H groups in total. The Labute approximate surface area is 139 Å². The van der Waals surface area contributed by atoms with E-state index in [1.54, 1.807) is 18.2 Å². The summed E-state index contributed by atoms with van der Waals surface area (Å²) in [6.45, 7) is 3.84. The van der Waals surface area contributed by atoms with Gasteiger partial charge in [0.25, 0.3) is 5.91 Å². The molecule has 2 heterocycles. The molecule has 0 bridgehead atoms. The number of carbonyl (C=O) groups is 1.